The van der Waals surface area contributed by atoms with Crippen molar-refractivity contribution >= 4 is 35.0 Å². The smallest absolute Gasteiger partial charge is 0.270 e. The van der Waals surface area contributed by atoms with Crippen molar-refractivity contribution in [1.29, 1.82) is 0 Å². The molecule has 0 radical (unpaired) electrons. The SMILES string of the molecule is C#Cc1c(C)cc(OC2C(C)(C)C(NC(=O)c3ccc(N4CCC(CN5CCN(c6ccc(C(=O)N[C@H]7CCC(=O)NC7=O)nc6)CC5)CC4)cc3)C2(C)C)cc1C. The van der Waals surface area contributed by atoms with Gasteiger partial charge in [-0.05, 0) is 98.7 Å². The Labute approximate surface area is 342 Å². The summed E-state index contributed by atoms with van der Waals surface area (Å²) in [6.07, 6.45) is 10.1. The number of terminal acetylenes is 1. The molecule has 3 saturated heterocycles. The topological polar surface area (TPSA) is 136 Å². The maximum atomic E-state index is 13.6. The van der Waals surface area contributed by atoms with Crippen molar-refractivity contribution in [2.45, 2.75) is 85.4 Å². The van der Waals surface area contributed by atoms with E-state index < -0.39 is 17.9 Å². The second-order valence-electron chi connectivity index (χ2n) is 17.8. The number of nitrogens with one attached hydrogen (secondary N) is 3. The lowest BCUT2D eigenvalue weighted by molar-refractivity contribution is -0.164. The molecule has 3 aliphatic heterocycles. The average Bonchev–Trinajstić information content (AvgIpc) is 3.20. The first-order chi connectivity index (χ1) is 27.6. The van der Waals surface area contributed by atoms with Crippen LogP contribution in [0.1, 0.15) is 90.9 Å². The lowest BCUT2D eigenvalue weighted by Gasteiger charge is -2.63. The summed E-state index contributed by atoms with van der Waals surface area (Å²) in [6.45, 7) is 19.4. The quantitative estimate of drug-likeness (QED) is 0.195. The van der Waals surface area contributed by atoms with E-state index in [1.165, 1.54) is 0 Å². The number of carbonyl (C=O) groups excluding carboxylic acids is 4. The number of aryl methyl sites for hydroxylation is 2. The first-order valence-electron chi connectivity index (χ1n) is 20.6. The number of hydrogen-bond donors (Lipinski definition) is 3. The Morgan fingerprint density at radius 3 is 2.05 bits per heavy atom. The summed E-state index contributed by atoms with van der Waals surface area (Å²) in [5, 5.41) is 8.28. The monoisotopic (exact) mass is 787 g/mol. The minimum absolute atomic E-state index is 0.0652. The first-order valence-corrected chi connectivity index (χ1v) is 20.6. The summed E-state index contributed by atoms with van der Waals surface area (Å²) in [5.74, 6) is 2.92. The van der Waals surface area contributed by atoms with Gasteiger partial charge in [0.25, 0.3) is 11.8 Å². The van der Waals surface area contributed by atoms with Crippen LogP contribution in [0.25, 0.3) is 0 Å². The first kappa shape index (κ1) is 40.8. The molecule has 58 heavy (non-hydrogen) atoms. The van der Waals surface area contributed by atoms with E-state index in [1.807, 2.05) is 44.2 Å². The van der Waals surface area contributed by atoms with E-state index in [9.17, 15) is 19.2 Å². The number of piperazine rings is 1. The number of amides is 4. The van der Waals surface area contributed by atoms with Gasteiger partial charge in [-0.15, -0.1) is 6.42 Å². The van der Waals surface area contributed by atoms with Crippen molar-refractivity contribution < 1.29 is 23.9 Å². The van der Waals surface area contributed by atoms with E-state index in [0.717, 1.165) is 92.5 Å². The van der Waals surface area contributed by atoms with E-state index in [2.05, 4.69) is 81.4 Å². The molecule has 4 aliphatic rings. The zero-order chi connectivity index (χ0) is 41.4. The molecule has 1 saturated carbocycles. The van der Waals surface area contributed by atoms with Crippen LogP contribution in [-0.2, 0) is 9.59 Å². The van der Waals surface area contributed by atoms with Crippen LogP contribution in [0.15, 0.2) is 54.7 Å². The van der Waals surface area contributed by atoms with Crippen LogP contribution >= 0.6 is 0 Å². The van der Waals surface area contributed by atoms with Crippen LogP contribution in [0.2, 0.25) is 0 Å². The second kappa shape index (κ2) is 16.5. The highest BCUT2D eigenvalue weighted by Gasteiger charge is 2.64. The highest BCUT2D eigenvalue weighted by Crippen LogP contribution is 2.55. The Kier molecular flexibility index (Phi) is 11.6. The average molecular weight is 788 g/mol. The van der Waals surface area contributed by atoms with Crippen molar-refractivity contribution in [2.24, 2.45) is 16.7 Å². The molecule has 4 fully saturated rings. The van der Waals surface area contributed by atoms with Gasteiger partial charge in [0.05, 0.1) is 11.9 Å². The molecule has 12 heteroatoms. The number of carbonyl (C=O) groups is 4. The third kappa shape index (κ3) is 8.42. The molecule has 1 aromatic heterocycles. The fraction of sp³-hybridized carbons (Fsp3) is 0.500. The van der Waals surface area contributed by atoms with E-state index in [4.69, 9.17) is 11.2 Å². The van der Waals surface area contributed by atoms with Gasteiger partial charge in [0.1, 0.15) is 23.6 Å². The molecular weight excluding hydrogens is 731 g/mol. The van der Waals surface area contributed by atoms with Crippen LogP contribution < -0.4 is 30.5 Å². The number of pyridine rings is 1. The maximum absolute atomic E-state index is 13.6. The van der Waals surface area contributed by atoms with Crippen molar-refractivity contribution in [2.75, 3.05) is 55.6 Å². The molecule has 306 valence electrons. The van der Waals surface area contributed by atoms with Gasteiger partial charge in [0, 0.05) is 85.9 Å². The number of rotatable bonds is 10. The number of imide groups is 1. The zero-order valence-electron chi connectivity index (χ0n) is 34.7. The van der Waals surface area contributed by atoms with Crippen molar-refractivity contribution in [3.8, 4) is 18.1 Å². The Morgan fingerprint density at radius 1 is 0.845 bits per heavy atom. The summed E-state index contributed by atoms with van der Waals surface area (Å²) in [7, 11) is 0. The largest absolute Gasteiger partial charge is 0.489 e. The highest BCUT2D eigenvalue weighted by atomic mass is 16.5. The molecule has 2 aromatic carbocycles. The summed E-state index contributed by atoms with van der Waals surface area (Å²) in [5.41, 5.74) is 5.42. The molecule has 7 rings (SSSR count). The summed E-state index contributed by atoms with van der Waals surface area (Å²) in [4.78, 5) is 61.3. The predicted octanol–water partition coefficient (Wildman–Crippen LogP) is 4.87. The zero-order valence-corrected chi connectivity index (χ0v) is 34.7. The second-order valence-corrected chi connectivity index (χ2v) is 17.8. The molecule has 0 bridgehead atoms. The van der Waals surface area contributed by atoms with Crippen LogP contribution in [0.4, 0.5) is 11.4 Å². The van der Waals surface area contributed by atoms with Crippen LogP contribution in [-0.4, -0.2) is 97.5 Å². The lowest BCUT2D eigenvalue weighted by atomic mass is 9.49. The molecule has 0 unspecified atom stereocenters. The van der Waals surface area contributed by atoms with Crippen molar-refractivity contribution in [3.63, 3.8) is 0 Å². The van der Waals surface area contributed by atoms with Crippen molar-refractivity contribution in [3.05, 3.63) is 82.7 Å². The van der Waals surface area contributed by atoms with E-state index in [0.29, 0.717) is 11.5 Å². The normalized spacial score (nSPS) is 23.3. The Morgan fingerprint density at radius 2 is 1.47 bits per heavy atom. The molecular formula is C46H57N7O5. The molecule has 4 heterocycles. The molecule has 0 spiro atoms. The number of anilines is 2. The minimum Gasteiger partial charge on any atom is -0.489 e. The number of ether oxygens (including phenoxy) is 1. The minimum atomic E-state index is -0.729. The molecule has 1 aliphatic carbocycles. The van der Waals surface area contributed by atoms with Gasteiger partial charge in [0.15, 0.2) is 0 Å². The number of hydrogen-bond acceptors (Lipinski definition) is 9. The molecule has 3 N–H and O–H groups in total. The standard InChI is InChI=1S/C46H57N7O5/c1-8-36-29(2)25-35(26-30(36)3)58-44-45(4,5)43(46(44,6)7)50-40(55)32-9-11-33(12-10-32)52-19-17-31(18-20-52)28-51-21-23-53(24-22-51)34-13-14-37(47-27-34)41(56)48-38-15-16-39(54)49-42(38)57/h1,9-14,25-27,31,38,43-44H,15-24,28H2,2-7H3,(H,48,56)(H,50,55)(H,49,54,57)/t38-,43?,44?/m0/s1. The van der Waals surface area contributed by atoms with Gasteiger partial charge in [-0.2, -0.15) is 0 Å². The third-order valence-corrected chi connectivity index (χ3v) is 12.9. The number of aromatic nitrogens is 1. The number of nitrogens with zero attached hydrogens (tertiary/aromatic N) is 4. The van der Waals surface area contributed by atoms with Gasteiger partial charge in [-0.3, -0.25) is 29.4 Å². The van der Waals surface area contributed by atoms with Gasteiger partial charge >= 0.3 is 0 Å². The van der Waals surface area contributed by atoms with Gasteiger partial charge < -0.3 is 25.2 Å². The van der Waals surface area contributed by atoms with Gasteiger partial charge in [-0.25, -0.2) is 4.98 Å². The molecule has 12 nitrogen and oxygen atoms in total. The Hall–Kier alpha value is -5.41. The third-order valence-electron chi connectivity index (χ3n) is 12.9. The highest BCUT2D eigenvalue weighted by molar-refractivity contribution is 6.03. The summed E-state index contributed by atoms with van der Waals surface area (Å²) in [6, 6.07) is 14.9. The Bertz CT molecular complexity index is 2030. The van der Waals surface area contributed by atoms with Crippen LogP contribution in [0.3, 0.4) is 0 Å². The Balaban J connectivity index is 0.837. The summed E-state index contributed by atoms with van der Waals surface area (Å²) >= 11 is 0. The van der Waals surface area contributed by atoms with Crippen LogP contribution in [0.5, 0.6) is 5.75 Å². The predicted molar refractivity (Wildman–Crippen MR) is 225 cm³/mol. The lowest BCUT2D eigenvalue weighted by Crippen LogP contribution is -2.74. The number of benzene rings is 2. The van der Waals surface area contributed by atoms with E-state index in [-0.39, 0.29) is 53.3 Å². The fourth-order valence-corrected chi connectivity index (χ4v) is 9.89. The molecule has 4 amide bonds. The fourth-order valence-electron chi connectivity index (χ4n) is 9.89. The number of piperidine rings is 2. The van der Waals surface area contributed by atoms with E-state index >= 15 is 0 Å². The van der Waals surface area contributed by atoms with Gasteiger partial charge in [0.2, 0.25) is 11.8 Å². The van der Waals surface area contributed by atoms with Crippen LogP contribution in [0, 0.1) is 42.9 Å². The van der Waals surface area contributed by atoms with E-state index in [1.54, 1.807) is 12.3 Å². The summed E-state index contributed by atoms with van der Waals surface area (Å²) < 4.78 is 6.59. The molecule has 3 aromatic rings. The van der Waals surface area contributed by atoms with Gasteiger partial charge in [-0.1, -0.05) is 33.6 Å². The maximum Gasteiger partial charge on any atom is 0.270 e. The van der Waals surface area contributed by atoms with Crippen molar-refractivity contribution in [1.82, 2.24) is 25.8 Å². The molecule has 1 atom stereocenters.